The lowest BCUT2D eigenvalue weighted by molar-refractivity contribution is -0.119. The van der Waals surface area contributed by atoms with Crippen molar-refractivity contribution in [3.63, 3.8) is 0 Å². The van der Waals surface area contributed by atoms with Gasteiger partial charge in [-0.25, -0.2) is 13.4 Å². The van der Waals surface area contributed by atoms with Gasteiger partial charge in [0, 0.05) is 6.54 Å². The molecule has 0 aliphatic carbocycles. The molecular weight excluding hydrogens is 400 g/mol. The summed E-state index contributed by atoms with van der Waals surface area (Å²) in [5, 5.41) is 6.99. The van der Waals surface area contributed by atoms with Gasteiger partial charge in [0.15, 0.2) is 10.9 Å². The highest BCUT2D eigenvalue weighted by molar-refractivity contribution is 7.89. The largest absolute Gasteiger partial charge is 0.360 e. The first-order chi connectivity index (χ1) is 13.3. The molecule has 1 saturated heterocycles. The normalized spacial score (nSPS) is 18.0. The van der Waals surface area contributed by atoms with Gasteiger partial charge in [-0.05, 0) is 51.3 Å². The topological polar surface area (TPSA) is 105 Å². The van der Waals surface area contributed by atoms with Gasteiger partial charge >= 0.3 is 0 Å². The number of rotatable bonds is 4. The van der Waals surface area contributed by atoms with Crippen LogP contribution in [0.2, 0.25) is 0 Å². The summed E-state index contributed by atoms with van der Waals surface area (Å²) in [7, 11) is -3.87. The number of hydrogen-bond donors (Lipinski definition) is 1. The predicted molar refractivity (Wildman–Crippen MR) is 106 cm³/mol. The summed E-state index contributed by atoms with van der Waals surface area (Å²) in [6, 6.07) is 5.09. The van der Waals surface area contributed by atoms with Crippen molar-refractivity contribution in [2.45, 2.75) is 44.6 Å². The Labute approximate surface area is 166 Å². The molecule has 0 unspecified atom stereocenters. The van der Waals surface area contributed by atoms with Gasteiger partial charge in [0.2, 0.25) is 15.9 Å². The van der Waals surface area contributed by atoms with E-state index in [1.54, 1.807) is 13.8 Å². The van der Waals surface area contributed by atoms with Crippen molar-refractivity contribution in [1.29, 1.82) is 0 Å². The van der Waals surface area contributed by atoms with Crippen molar-refractivity contribution in [2.24, 2.45) is 0 Å². The van der Waals surface area contributed by atoms with Crippen LogP contribution in [0.4, 0.5) is 5.13 Å². The summed E-state index contributed by atoms with van der Waals surface area (Å²) in [4.78, 5) is 17.3. The zero-order valence-corrected chi connectivity index (χ0v) is 17.4. The van der Waals surface area contributed by atoms with Crippen molar-refractivity contribution in [3.05, 3.63) is 35.2 Å². The van der Waals surface area contributed by atoms with Crippen LogP contribution in [0.15, 0.2) is 27.6 Å². The van der Waals surface area contributed by atoms with Gasteiger partial charge in [0.25, 0.3) is 0 Å². The van der Waals surface area contributed by atoms with E-state index in [4.69, 9.17) is 4.52 Å². The van der Waals surface area contributed by atoms with Crippen molar-refractivity contribution in [3.8, 4) is 0 Å². The standard InChI is InChI=1S/C18H20N4O4S2/c1-10-6-7-13-15(9-10)27-18(19-13)20-17(23)14-5-4-8-22(14)28(24,25)16-11(2)21-26-12(16)3/h6-7,9,14H,4-5,8H2,1-3H3,(H,19,20,23)/t14-/m0/s1. The fourth-order valence-electron chi connectivity index (χ4n) is 3.52. The van der Waals surface area contributed by atoms with E-state index < -0.39 is 16.1 Å². The van der Waals surface area contributed by atoms with Crippen LogP contribution >= 0.6 is 11.3 Å². The molecule has 1 aliphatic rings. The van der Waals surface area contributed by atoms with Crippen molar-refractivity contribution < 1.29 is 17.7 Å². The molecule has 4 rings (SSSR count). The van der Waals surface area contributed by atoms with Gasteiger partial charge in [-0.3, -0.25) is 4.79 Å². The van der Waals surface area contributed by atoms with Crippen LogP contribution in [0.25, 0.3) is 10.2 Å². The molecule has 1 atom stereocenters. The molecule has 8 nitrogen and oxygen atoms in total. The number of aryl methyl sites for hydroxylation is 3. The van der Waals surface area contributed by atoms with Gasteiger partial charge in [-0.1, -0.05) is 22.6 Å². The first kappa shape index (κ1) is 19.0. The zero-order valence-electron chi connectivity index (χ0n) is 15.7. The fraction of sp³-hybridized carbons (Fsp3) is 0.389. The maximum absolute atomic E-state index is 13.1. The lowest BCUT2D eigenvalue weighted by atomic mass is 10.2. The number of sulfonamides is 1. The number of amides is 1. The molecule has 1 amide bonds. The predicted octanol–water partition coefficient (Wildman–Crippen LogP) is 3.00. The summed E-state index contributed by atoms with van der Waals surface area (Å²) in [6.45, 7) is 5.41. The molecule has 0 radical (unpaired) electrons. The van der Waals surface area contributed by atoms with Crippen molar-refractivity contribution in [1.82, 2.24) is 14.4 Å². The molecule has 28 heavy (non-hydrogen) atoms. The van der Waals surface area contributed by atoms with Gasteiger partial charge in [0.1, 0.15) is 16.6 Å². The average Bonchev–Trinajstić information content (AvgIpc) is 3.33. The van der Waals surface area contributed by atoms with Gasteiger partial charge in [-0.2, -0.15) is 4.31 Å². The highest BCUT2D eigenvalue weighted by atomic mass is 32.2. The number of benzene rings is 1. The average molecular weight is 421 g/mol. The first-order valence-electron chi connectivity index (χ1n) is 8.90. The van der Waals surface area contributed by atoms with Crippen LogP contribution in [0.3, 0.4) is 0 Å². The number of hydrogen-bond acceptors (Lipinski definition) is 7. The number of nitrogens with zero attached hydrogens (tertiary/aromatic N) is 3. The molecule has 1 N–H and O–H groups in total. The van der Waals surface area contributed by atoms with E-state index in [-0.39, 0.29) is 23.1 Å². The van der Waals surface area contributed by atoms with E-state index in [1.807, 2.05) is 25.1 Å². The second-order valence-electron chi connectivity index (χ2n) is 6.91. The minimum atomic E-state index is -3.87. The summed E-state index contributed by atoms with van der Waals surface area (Å²) < 4.78 is 33.5. The maximum Gasteiger partial charge on any atom is 0.249 e. The fourth-order valence-corrected chi connectivity index (χ4v) is 6.44. The monoisotopic (exact) mass is 420 g/mol. The minimum absolute atomic E-state index is 0.0441. The number of fused-ring (bicyclic) bond motifs is 1. The zero-order chi connectivity index (χ0) is 20.1. The number of carbonyl (C=O) groups is 1. The van der Waals surface area contributed by atoms with Crippen LogP contribution < -0.4 is 5.32 Å². The third-order valence-corrected chi connectivity index (χ3v) is 7.90. The Morgan fingerprint density at radius 3 is 2.82 bits per heavy atom. The molecule has 3 aromatic rings. The van der Waals surface area contributed by atoms with Crippen LogP contribution in [-0.2, 0) is 14.8 Å². The molecule has 3 heterocycles. The Kier molecular flexibility index (Phi) is 4.72. The second-order valence-corrected chi connectivity index (χ2v) is 9.76. The van der Waals surface area contributed by atoms with Crippen LogP contribution in [0.1, 0.15) is 29.9 Å². The SMILES string of the molecule is Cc1ccc2nc(NC(=O)[C@@H]3CCCN3S(=O)(=O)c3c(C)noc3C)sc2c1. The van der Waals surface area contributed by atoms with Gasteiger partial charge < -0.3 is 9.84 Å². The molecule has 148 valence electrons. The summed E-state index contributed by atoms with van der Waals surface area (Å²) in [5.74, 6) is -0.145. The number of nitrogens with one attached hydrogen (secondary N) is 1. The minimum Gasteiger partial charge on any atom is -0.360 e. The lowest BCUT2D eigenvalue weighted by Gasteiger charge is -2.22. The van der Waals surface area contributed by atoms with Crippen molar-refractivity contribution >= 4 is 42.6 Å². The lowest BCUT2D eigenvalue weighted by Crippen LogP contribution is -2.43. The summed E-state index contributed by atoms with van der Waals surface area (Å²) >= 11 is 1.37. The summed E-state index contributed by atoms with van der Waals surface area (Å²) in [6.07, 6.45) is 1.07. The first-order valence-corrected chi connectivity index (χ1v) is 11.2. The Bertz CT molecular complexity index is 1150. The van der Waals surface area contributed by atoms with E-state index >= 15 is 0 Å². The Morgan fingerprint density at radius 2 is 2.11 bits per heavy atom. The third kappa shape index (κ3) is 3.21. The van der Waals surface area contributed by atoms with E-state index in [0.717, 1.165) is 15.8 Å². The Hall–Kier alpha value is -2.30. The molecule has 1 fully saturated rings. The Morgan fingerprint density at radius 1 is 1.32 bits per heavy atom. The molecule has 0 bridgehead atoms. The highest BCUT2D eigenvalue weighted by Gasteiger charge is 2.42. The number of thiazole rings is 1. The highest BCUT2D eigenvalue weighted by Crippen LogP contribution is 2.31. The number of anilines is 1. The van der Waals surface area contributed by atoms with E-state index in [2.05, 4.69) is 15.5 Å². The van der Waals surface area contributed by atoms with Crippen molar-refractivity contribution in [2.75, 3.05) is 11.9 Å². The number of carbonyl (C=O) groups excluding carboxylic acids is 1. The summed E-state index contributed by atoms with van der Waals surface area (Å²) in [5.41, 5.74) is 2.21. The molecule has 2 aromatic heterocycles. The van der Waals surface area contributed by atoms with Gasteiger partial charge in [0.05, 0.1) is 10.2 Å². The molecule has 1 aromatic carbocycles. The van der Waals surface area contributed by atoms with Crippen LogP contribution in [0.5, 0.6) is 0 Å². The van der Waals surface area contributed by atoms with E-state index in [0.29, 0.717) is 23.7 Å². The second kappa shape index (κ2) is 6.94. The molecule has 0 saturated carbocycles. The molecule has 0 spiro atoms. The quantitative estimate of drug-likeness (QED) is 0.696. The third-order valence-electron chi connectivity index (χ3n) is 4.81. The smallest absolute Gasteiger partial charge is 0.249 e. The van der Waals surface area contributed by atoms with Crippen LogP contribution in [0, 0.1) is 20.8 Å². The van der Waals surface area contributed by atoms with E-state index in [1.165, 1.54) is 15.6 Å². The number of aromatic nitrogens is 2. The van der Waals surface area contributed by atoms with E-state index in [9.17, 15) is 13.2 Å². The van der Waals surface area contributed by atoms with Gasteiger partial charge in [-0.15, -0.1) is 0 Å². The Balaban J connectivity index is 1.59. The molecular formula is C18H20N4O4S2. The molecule has 1 aliphatic heterocycles. The molecule has 10 heteroatoms. The maximum atomic E-state index is 13.1. The van der Waals surface area contributed by atoms with Crippen LogP contribution in [-0.4, -0.2) is 41.4 Å².